The summed E-state index contributed by atoms with van der Waals surface area (Å²) in [4.78, 5) is 33.5. The number of carbonyl (C=O) groups excluding carboxylic acids is 1. The van der Waals surface area contributed by atoms with Gasteiger partial charge in [0.2, 0.25) is 0 Å². The molecule has 0 bridgehead atoms. The molecular weight excluding hydrogens is 724 g/mol. The van der Waals surface area contributed by atoms with Crippen LogP contribution in [0.4, 0.5) is 0 Å². The van der Waals surface area contributed by atoms with E-state index in [1.807, 2.05) is 78.9 Å². The molecule has 1 atom stereocenters. The van der Waals surface area contributed by atoms with Crippen molar-refractivity contribution >= 4 is 56.6 Å². The number of esters is 1. The molecule has 0 unspecified atom stereocenters. The molecule has 0 aliphatic carbocycles. The van der Waals surface area contributed by atoms with Crippen molar-refractivity contribution in [2.75, 3.05) is 13.7 Å². The van der Waals surface area contributed by atoms with Gasteiger partial charge in [-0.15, -0.1) is 0 Å². The molecule has 0 radical (unpaired) electrons. The van der Waals surface area contributed by atoms with Gasteiger partial charge >= 0.3 is 5.97 Å². The Morgan fingerprint density at radius 2 is 1.76 bits per heavy atom. The van der Waals surface area contributed by atoms with E-state index in [4.69, 9.17) is 30.8 Å². The van der Waals surface area contributed by atoms with E-state index in [1.165, 1.54) is 11.3 Å². The summed E-state index contributed by atoms with van der Waals surface area (Å²) in [5.74, 6) is 0.634. The van der Waals surface area contributed by atoms with Crippen LogP contribution in [0.25, 0.3) is 11.8 Å². The topological polar surface area (TPSA) is 79.1 Å². The molecule has 49 heavy (non-hydrogen) atoms. The second-order valence-corrected chi connectivity index (χ2v) is 14.0. The lowest BCUT2D eigenvalue weighted by atomic mass is 9.91. The molecule has 250 valence electrons. The third-order valence-corrected chi connectivity index (χ3v) is 9.93. The third-order valence-electron chi connectivity index (χ3n) is 8.14. The van der Waals surface area contributed by atoms with Crippen molar-refractivity contribution < 1.29 is 19.0 Å². The Bertz CT molecular complexity index is 2210. The van der Waals surface area contributed by atoms with Gasteiger partial charge in [-0.1, -0.05) is 119 Å². The van der Waals surface area contributed by atoms with Gasteiger partial charge in [-0.3, -0.25) is 9.36 Å². The van der Waals surface area contributed by atoms with Crippen LogP contribution in [0.3, 0.4) is 0 Å². The first-order valence-electron chi connectivity index (χ1n) is 15.8. The fourth-order valence-electron chi connectivity index (χ4n) is 5.67. The molecule has 0 saturated carbocycles. The molecule has 0 fully saturated rings. The van der Waals surface area contributed by atoms with Crippen LogP contribution in [0.15, 0.2) is 111 Å². The number of rotatable bonds is 10. The van der Waals surface area contributed by atoms with Gasteiger partial charge in [-0.2, -0.15) is 0 Å². The van der Waals surface area contributed by atoms with Gasteiger partial charge in [-0.25, -0.2) is 9.79 Å². The van der Waals surface area contributed by atoms with E-state index in [2.05, 4.69) is 29.8 Å². The lowest BCUT2D eigenvalue weighted by Crippen LogP contribution is -2.40. The molecule has 1 aliphatic heterocycles. The average molecular weight is 758 g/mol. The second-order valence-electron chi connectivity index (χ2n) is 11.7. The normalized spacial score (nSPS) is 14.4. The maximum Gasteiger partial charge on any atom is 0.338 e. The number of carbonyl (C=O) groups is 1. The third kappa shape index (κ3) is 7.29. The maximum absolute atomic E-state index is 14.4. The van der Waals surface area contributed by atoms with Crippen LogP contribution < -0.4 is 24.4 Å². The van der Waals surface area contributed by atoms with Gasteiger partial charge in [0.15, 0.2) is 16.3 Å². The standard InChI is InChI=1S/C39H34BrClN2O5S/c1-5-47-38(45)33-34(27-9-7-6-8-10-27)42-39-43(35(33)28-15-13-26(14-16-28)23(2)3)37(44)32(49-39)21-25-19-30(41)36(31(20-25)46-4)48-22-24-11-17-29(40)18-12-24/h6-21,23,35H,5,22H2,1-4H3/b32-21-/t35-/m1/s1. The van der Waals surface area contributed by atoms with Crippen molar-refractivity contribution in [2.24, 2.45) is 4.99 Å². The van der Waals surface area contributed by atoms with Crippen LogP contribution >= 0.6 is 38.9 Å². The van der Waals surface area contributed by atoms with Crippen LogP contribution in [-0.4, -0.2) is 24.3 Å². The van der Waals surface area contributed by atoms with E-state index in [-0.39, 0.29) is 12.2 Å². The summed E-state index contributed by atoms with van der Waals surface area (Å²) in [7, 11) is 1.54. The van der Waals surface area contributed by atoms with Gasteiger partial charge < -0.3 is 14.2 Å². The van der Waals surface area contributed by atoms with Crippen molar-refractivity contribution in [2.45, 2.75) is 39.3 Å². The maximum atomic E-state index is 14.4. The fraction of sp³-hybridized carbons (Fsp3) is 0.205. The van der Waals surface area contributed by atoms with Crippen molar-refractivity contribution in [1.29, 1.82) is 0 Å². The van der Waals surface area contributed by atoms with Gasteiger partial charge in [-0.05, 0) is 65.4 Å². The van der Waals surface area contributed by atoms with Crippen LogP contribution in [0, 0.1) is 0 Å². The number of ether oxygens (including phenoxy) is 3. The Labute approximate surface area is 301 Å². The minimum absolute atomic E-state index is 0.180. The van der Waals surface area contributed by atoms with Crippen LogP contribution in [0.2, 0.25) is 5.02 Å². The van der Waals surface area contributed by atoms with E-state index >= 15 is 0 Å². The Hall–Kier alpha value is -4.44. The zero-order valence-electron chi connectivity index (χ0n) is 27.4. The Kier molecular flexibility index (Phi) is 10.5. The molecule has 2 heterocycles. The quantitative estimate of drug-likeness (QED) is 0.135. The highest BCUT2D eigenvalue weighted by molar-refractivity contribution is 9.10. The molecular formula is C39H34BrClN2O5S. The average Bonchev–Trinajstić information content (AvgIpc) is 3.41. The summed E-state index contributed by atoms with van der Waals surface area (Å²) in [6.45, 7) is 6.49. The molecule has 0 amide bonds. The summed E-state index contributed by atoms with van der Waals surface area (Å²) >= 11 is 11.4. The molecule has 0 spiro atoms. The summed E-state index contributed by atoms with van der Waals surface area (Å²) in [6.07, 6.45) is 1.76. The van der Waals surface area contributed by atoms with E-state index in [9.17, 15) is 9.59 Å². The van der Waals surface area contributed by atoms with E-state index in [0.29, 0.717) is 55.2 Å². The predicted molar refractivity (Wildman–Crippen MR) is 198 cm³/mol. The molecule has 7 nitrogen and oxygen atoms in total. The largest absolute Gasteiger partial charge is 0.493 e. The first-order valence-corrected chi connectivity index (χ1v) is 17.8. The highest BCUT2D eigenvalue weighted by Crippen LogP contribution is 2.38. The number of hydrogen-bond donors (Lipinski definition) is 0. The summed E-state index contributed by atoms with van der Waals surface area (Å²) in [5, 5.41) is 0.342. The minimum Gasteiger partial charge on any atom is -0.493 e. The minimum atomic E-state index is -0.763. The van der Waals surface area contributed by atoms with Crippen molar-refractivity contribution in [3.63, 3.8) is 0 Å². The lowest BCUT2D eigenvalue weighted by molar-refractivity contribution is -0.138. The summed E-state index contributed by atoms with van der Waals surface area (Å²) in [5.41, 5.74) is 4.79. The zero-order chi connectivity index (χ0) is 34.7. The molecule has 5 aromatic rings. The number of fused-ring (bicyclic) bond motifs is 1. The number of hydrogen-bond acceptors (Lipinski definition) is 7. The Balaban J connectivity index is 1.49. The number of nitrogens with zero attached hydrogens (tertiary/aromatic N) is 2. The first kappa shape index (κ1) is 34.4. The monoisotopic (exact) mass is 756 g/mol. The molecule has 10 heteroatoms. The second kappa shape index (κ2) is 15.0. The zero-order valence-corrected chi connectivity index (χ0v) is 30.6. The SMILES string of the molecule is CCOC(=O)C1=C(c2ccccc2)N=c2s/c(=C\c3cc(Cl)c(OCc4ccc(Br)cc4)c(OC)c3)c(=O)n2[C@@H]1c1ccc(C(C)C)cc1. The number of aromatic nitrogens is 1. The van der Waals surface area contributed by atoms with Gasteiger partial charge in [0, 0.05) is 10.0 Å². The number of benzene rings is 4. The molecule has 0 saturated heterocycles. The molecule has 6 rings (SSSR count). The fourth-order valence-corrected chi connectivity index (χ4v) is 7.21. The van der Waals surface area contributed by atoms with Crippen LogP contribution in [-0.2, 0) is 16.1 Å². The number of methoxy groups -OCH3 is 1. The molecule has 1 aromatic heterocycles. The van der Waals surface area contributed by atoms with E-state index in [1.54, 1.807) is 36.8 Å². The molecule has 1 aliphatic rings. The van der Waals surface area contributed by atoms with Crippen LogP contribution in [0.1, 0.15) is 60.5 Å². The van der Waals surface area contributed by atoms with Crippen molar-refractivity contribution in [3.8, 4) is 11.5 Å². The first-order chi connectivity index (χ1) is 23.7. The predicted octanol–water partition coefficient (Wildman–Crippen LogP) is 8.06. The summed E-state index contributed by atoms with van der Waals surface area (Å²) in [6, 6.07) is 28.1. The highest BCUT2D eigenvalue weighted by atomic mass is 79.9. The Morgan fingerprint density at radius 3 is 2.41 bits per heavy atom. The lowest BCUT2D eigenvalue weighted by Gasteiger charge is -2.26. The molecule has 0 N–H and O–H groups in total. The van der Waals surface area contributed by atoms with Gasteiger partial charge in [0.25, 0.3) is 5.56 Å². The summed E-state index contributed by atoms with van der Waals surface area (Å²) < 4.78 is 20.3. The number of thiazole rings is 1. The van der Waals surface area contributed by atoms with Crippen molar-refractivity contribution in [1.82, 2.24) is 4.57 Å². The smallest absolute Gasteiger partial charge is 0.338 e. The van der Waals surface area contributed by atoms with E-state index in [0.717, 1.165) is 26.7 Å². The molecule has 4 aromatic carbocycles. The number of halogens is 2. The van der Waals surface area contributed by atoms with Gasteiger partial charge in [0.05, 0.1) is 40.6 Å². The highest BCUT2D eigenvalue weighted by Gasteiger charge is 2.35. The van der Waals surface area contributed by atoms with Gasteiger partial charge in [0.1, 0.15) is 6.61 Å². The van der Waals surface area contributed by atoms with Crippen molar-refractivity contribution in [3.05, 3.63) is 154 Å². The Morgan fingerprint density at radius 1 is 1.04 bits per heavy atom. The van der Waals surface area contributed by atoms with E-state index < -0.39 is 12.0 Å². The van der Waals surface area contributed by atoms with Crippen LogP contribution in [0.5, 0.6) is 11.5 Å².